The molecule has 2 heteroatoms. The lowest BCUT2D eigenvalue weighted by Gasteiger charge is -2.15. The van der Waals surface area contributed by atoms with Crippen LogP contribution in [0, 0.1) is 6.92 Å². The topological polar surface area (TPSA) is 26.0 Å². The third-order valence-electron chi connectivity index (χ3n) is 3.19. The van der Waals surface area contributed by atoms with Gasteiger partial charge in [0.15, 0.2) is 0 Å². The van der Waals surface area contributed by atoms with Crippen molar-refractivity contribution in [1.82, 2.24) is 0 Å². The lowest BCUT2D eigenvalue weighted by molar-refractivity contribution is 0.536. The molecule has 1 fully saturated rings. The van der Waals surface area contributed by atoms with E-state index in [1.54, 1.807) is 0 Å². The second-order valence-electron chi connectivity index (χ2n) is 4.47. The van der Waals surface area contributed by atoms with Crippen LogP contribution in [-0.2, 0) is 0 Å². The minimum atomic E-state index is 0.433. The maximum Gasteiger partial charge on any atom is 0.00446 e. The standard InChI is InChI=1S/C12H19NS/c1-9-6-11(8-14-9)10-4-2-3-5-12(13)7-10/h6,8,10,12H,2-5,7,13H2,1H3. The van der Waals surface area contributed by atoms with Crippen LogP contribution in [0.1, 0.15) is 48.5 Å². The average molecular weight is 209 g/mol. The van der Waals surface area contributed by atoms with Gasteiger partial charge in [-0.15, -0.1) is 11.3 Å². The fourth-order valence-corrected chi connectivity index (χ4v) is 3.17. The van der Waals surface area contributed by atoms with Crippen molar-refractivity contribution >= 4 is 11.3 Å². The zero-order valence-corrected chi connectivity index (χ0v) is 9.65. The second kappa shape index (κ2) is 4.45. The quantitative estimate of drug-likeness (QED) is 0.705. The van der Waals surface area contributed by atoms with Gasteiger partial charge in [0, 0.05) is 10.9 Å². The Balaban J connectivity index is 2.08. The van der Waals surface area contributed by atoms with E-state index in [-0.39, 0.29) is 0 Å². The van der Waals surface area contributed by atoms with E-state index < -0.39 is 0 Å². The van der Waals surface area contributed by atoms with Gasteiger partial charge < -0.3 is 5.73 Å². The zero-order chi connectivity index (χ0) is 9.97. The van der Waals surface area contributed by atoms with Crippen molar-refractivity contribution in [3.8, 4) is 0 Å². The highest BCUT2D eigenvalue weighted by Crippen LogP contribution is 2.33. The Labute approximate surface area is 90.3 Å². The van der Waals surface area contributed by atoms with Gasteiger partial charge >= 0.3 is 0 Å². The summed E-state index contributed by atoms with van der Waals surface area (Å²) >= 11 is 1.87. The predicted molar refractivity (Wildman–Crippen MR) is 62.9 cm³/mol. The summed E-state index contributed by atoms with van der Waals surface area (Å²) in [6, 6.07) is 2.77. The van der Waals surface area contributed by atoms with Crippen LogP contribution < -0.4 is 5.73 Å². The van der Waals surface area contributed by atoms with Crippen LogP contribution in [0.3, 0.4) is 0 Å². The maximum atomic E-state index is 6.07. The van der Waals surface area contributed by atoms with E-state index >= 15 is 0 Å². The van der Waals surface area contributed by atoms with E-state index in [1.165, 1.54) is 42.5 Å². The van der Waals surface area contributed by atoms with Gasteiger partial charge in [0.2, 0.25) is 0 Å². The van der Waals surface area contributed by atoms with E-state index in [1.807, 2.05) is 11.3 Å². The van der Waals surface area contributed by atoms with E-state index in [9.17, 15) is 0 Å². The van der Waals surface area contributed by atoms with Gasteiger partial charge in [-0.05, 0) is 49.1 Å². The third-order valence-corrected chi connectivity index (χ3v) is 4.07. The predicted octanol–water partition coefficient (Wildman–Crippen LogP) is 3.43. The molecule has 14 heavy (non-hydrogen) atoms. The molecule has 1 nitrogen and oxygen atoms in total. The van der Waals surface area contributed by atoms with E-state index in [2.05, 4.69) is 18.4 Å². The smallest absolute Gasteiger partial charge is 0.00446 e. The molecule has 2 N–H and O–H groups in total. The van der Waals surface area contributed by atoms with Crippen molar-refractivity contribution in [3.05, 3.63) is 21.9 Å². The molecule has 1 saturated carbocycles. The molecule has 78 valence electrons. The summed E-state index contributed by atoms with van der Waals surface area (Å²) in [5, 5.41) is 2.32. The van der Waals surface area contributed by atoms with Crippen molar-refractivity contribution in [2.24, 2.45) is 5.73 Å². The molecule has 2 atom stereocenters. The van der Waals surface area contributed by atoms with Gasteiger partial charge in [0.05, 0.1) is 0 Å². The summed E-state index contributed by atoms with van der Waals surface area (Å²) in [6.45, 7) is 2.19. The van der Waals surface area contributed by atoms with Gasteiger partial charge in [-0.25, -0.2) is 0 Å². The summed E-state index contributed by atoms with van der Waals surface area (Å²) in [5.41, 5.74) is 7.60. The number of hydrogen-bond acceptors (Lipinski definition) is 2. The molecule has 0 saturated heterocycles. The zero-order valence-electron chi connectivity index (χ0n) is 8.83. The molecule has 0 bridgehead atoms. The largest absolute Gasteiger partial charge is 0.328 e. The normalized spacial score (nSPS) is 28.7. The molecule has 0 spiro atoms. The Morgan fingerprint density at radius 3 is 2.86 bits per heavy atom. The van der Waals surface area contributed by atoms with E-state index in [0.717, 1.165) is 5.92 Å². The van der Waals surface area contributed by atoms with Gasteiger partial charge in [-0.2, -0.15) is 0 Å². The van der Waals surface area contributed by atoms with Crippen LogP contribution in [0.4, 0.5) is 0 Å². The van der Waals surface area contributed by atoms with Crippen molar-refractivity contribution < 1.29 is 0 Å². The average Bonchev–Trinajstić information content (AvgIpc) is 2.45. The monoisotopic (exact) mass is 209 g/mol. The molecule has 1 aromatic heterocycles. The molecule has 0 radical (unpaired) electrons. The van der Waals surface area contributed by atoms with Crippen molar-refractivity contribution in [1.29, 1.82) is 0 Å². The minimum Gasteiger partial charge on any atom is -0.328 e. The SMILES string of the molecule is Cc1cc(C2CCCCC(N)C2)cs1. The number of aryl methyl sites for hydroxylation is 1. The summed E-state index contributed by atoms with van der Waals surface area (Å²) in [7, 11) is 0. The number of thiophene rings is 1. The van der Waals surface area contributed by atoms with Crippen molar-refractivity contribution in [2.75, 3.05) is 0 Å². The second-order valence-corrected chi connectivity index (χ2v) is 5.58. The highest BCUT2D eigenvalue weighted by atomic mass is 32.1. The Morgan fingerprint density at radius 2 is 2.14 bits per heavy atom. The first kappa shape index (κ1) is 10.2. The van der Waals surface area contributed by atoms with Gasteiger partial charge in [0.1, 0.15) is 0 Å². The third kappa shape index (κ3) is 2.37. The summed E-state index contributed by atoms with van der Waals surface area (Å²) < 4.78 is 0. The highest BCUT2D eigenvalue weighted by molar-refractivity contribution is 7.10. The van der Waals surface area contributed by atoms with Crippen LogP contribution in [0.25, 0.3) is 0 Å². The Kier molecular flexibility index (Phi) is 3.24. The molecule has 1 aliphatic carbocycles. The van der Waals surface area contributed by atoms with Gasteiger partial charge in [0.25, 0.3) is 0 Å². The molecule has 1 aliphatic rings. The number of hydrogen-bond donors (Lipinski definition) is 1. The lowest BCUT2D eigenvalue weighted by Crippen LogP contribution is -2.20. The summed E-state index contributed by atoms with van der Waals surface area (Å²) in [6.07, 6.45) is 6.42. The molecule has 0 aromatic carbocycles. The van der Waals surface area contributed by atoms with Crippen molar-refractivity contribution in [2.45, 2.75) is 51.0 Å². The Hall–Kier alpha value is -0.340. The van der Waals surface area contributed by atoms with Crippen LogP contribution >= 0.6 is 11.3 Å². The minimum absolute atomic E-state index is 0.433. The maximum absolute atomic E-state index is 6.07. The first-order valence-electron chi connectivity index (χ1n) is 5.56. The summed E-state index contributed by atoms with van der Waals surface area (Å²) in [5.74, 6) is 0.734. The first-order valence-corrected chi connectivity index (χ1v) is 6.44. The van der Waals surface area contributed by atoms with Gasteiger partial charge in [-0.3, -0.25) is 0 Å². The molecule has 0 aliphatic heterocycles. The molecule has 2 rings (SSSR count). The number of nitrogens with two attached hydrogens (primary N) is 1. The molecule has 2 unspecified atom stereocenters. The lowest BCUT2D eigenvalue weighted by atomic mass is 9.92. The molecule has 0 amide bonds. The fraction of sp³-hybridized carbons (Fsp3) is 0.667. The molecular weight excluding hydrogens is 190 g/mol. The van der Waals surface area contributed by atoms with Crippen LogP contribution in [0.5, 0.6) is 0 Å². The molecule has 1 aromatic rings. The molecular formula is C12H19NS. The fourth-order valence-electron chi connectivity index (χ4n) is 2.38. The first-order chi connectivity index (χ1) is 6.75. The van der Waals surface area contributed by atoms with Crippen LogP contribution in [0.2, 0.25) is 0 Å². The van der Waals surface area contributed by atoms with E-state index in [4.69, 9.17) is 5.73 Å². The van der Waals surface area contributed by atoms with Crippen LogP contribution in [0.15, 0.2) is 11.4 Å². The summed E-state index contributed by atoms with van der Waals surface area (Å²) in [4.78, 5) is 1.43. The number of rotatable bonds is 1. The highest BCUT2D eigenvalue weighted by Gasteiger charge is 2.19. The van der Waals surface area contributed by atoms with E-state index in [0.29, 0.717) is 6.04 Å². The Morgan fingerprint density at radius 1 is 1.36 bits per heavy atom. The van der Waals surface area contributed by atoms with Crippen LogP contribution in [-0.4, -0.2) is 6.04 Å². The van der Waals surface area contributed by atoms with Crippen molar-refractivity contribution in [3.63, 3.8) is 0 Å². The Bertz CT molecular complexity index is 292. The molecule has 1 heterocycles. The van der Waals surface area contributed by atoms with Gasteiger partial charge in [-0.1, -0.05) is 12.8 Å².